The lowest BCUT2D eigenvalue weighted by molar-refractivity contribution is -0.115. The predicted octanol–water partition coefficient (Wildman–Crippen LogP) is 2.64. The van der Waals surface area contributed by atoms with E-state index in [9.17, 15) is 13.2 Å². The molecular weight excluding hydrogens is 436 g/mol. The molecule has 1 fully saturated rings. The molecule has 0 spiro atoms. The number of benzene rings is 1. The van der Waals surface area contributed by atoms with E-state index in [-0.39, 0.29) is 10.8 Å². The van der Waals surface area contributed by atoms with Crippen LogP contribution in [0.1, 0.15) is 31.2 Å². The van der Waals surface area contributed by atoms with Gasteiger partial charge in [0.15, 0.2) is 0 Å². The Morgan fingerprint density at radius 3 is 2.48 bits per heavy atom. The van der Waals surface area contributed by atoms with Crippen molar-refractivity contribution in [2.45, 2.75) is 48.9 Å². The number of carbonyl (C=O) groups is 1. The van der Waals surface area contributed by atoms with Crippen molar-refractivity contribution in [2.24, 2.45) is 0 Å². The van der Waals surface area contributed by atoms with Crippen LogP contribution < -0.4 is 5.32 Å². The lowest BCUT2D eigenvalue weighted by atomic mass is 10.3. The van der Waals surface area contributed by atoms with E-state index in [1.54, 1.807) is 23.6 Å². The third-order valence-electron chi connectivity index (χ3n) is 5.07. The number of nitrogens with one attached hydrogen (secondary N) is 1. The van der Waals surface area contributed by atoms with Crippen molar-refractivity contribution in [3.8, 4) is 0 Å². The number of anilines is 1. The van der Waals surface area contributed by atoms with E-state index in [4.69, 9.17) is 0 Å². The van der Waals surface area contributed by atoms with Crippen LogP contribution in [0.3, 0.4) is 0 Å². The monoisotopic (exact) mass is 460 g/mol. The minimum atomic E-state index is -3.47. The average molecular weight is 461 g/mol. The molecule has 1 amide bonds. The van der Waals surface area contributed by atoms with Gasteiger partial charge in [0, 0.05) is 30.2 Å². The molecule has 0 bridgehead atoms. The Morgan fingerprint density at radius 1 is 1.13 bits per heavy atom. The summed E-state index contributed by atoms with van der Waals surface area (Å²) in [6, 6.07) is 8.19. The molecule has 1 N–H and O–H groups in total. The number of hydrogen-bond donors (Lipinski definition) is 1. The second kappa shape index (κ2) is 8.56. The molecule has 1 aliphatic heterocycles. The Labute approximate surface area is 185 Å². The van der Waals surface area contributed by atoms with Gasteiger partial charge in [0.05, 0.1) is 10.1 Å². The highest BCUT2D eigenvalue weighted by Crippen LogP contribution is 2.24. The van der Waals surface area contributed by atoms with E-state index in [1.807, 2.05) is 19.9 Å². The lowest BCUT2D eigenvalue weighted by Crippen LogP contribution is -2.27. The van der Waals surface area contributed by atoms with E-state index < -0.39 is 15.3 Å². The van der Waals surface area contributed by atoms with Gasteiger partial charge in [-0.1, -0.05) is 11.8 Å². The first-order valence-corrected chi connectivity index (χ1v) is 12.3. The molecule has 3 aromatic rings. The fourth-order valence-electron chi connectivity index (χ4n) is 3.44. The second-order valence-corrected chi connectivity index (χ2v) is 10.8. The van der Waals surface area contributed by atoms with Gasteiger partial charge in [-0.15, -0.1) is 5.10 Å². The van der Waals surface area contributed by atoms with Gasteiger partial charge >= 0.3 is 0 Å². The molecular formula is C20H24N6O3S2. The SMILES string of the molecule is Cc1cc(C)n2nc(S[C@@H](C)C(=O)Nc3ccc(S(=O)(=O)N4CCCC4)cc3)nc2n1. The summed E-state index contributed by atoms with van der Waals surface area (Å²) in [5.41, 5.74) is 2.31. The highest BCUT2D eigenvalue weighted by atomic mass is 32.2. The predicted molar refractivity (Wildman–Crippen MR) is 119 cm³/mol. The van der Waals surface area contributed by atoms with E-state index >= 15 is 0 Å². The van der Waals surface area contributed by atoms with E-state index in [1.165, 1.54) is 28.2 Å². The van der Waals surface area contributed by atoms with E-state index in [2.05, 4.69) is 20.4 Å². The number of thioether (sulfide) groups is 1. The van der Waals surface area contributed by atoms with Gasteiger partial charge in [-0.25, -0.2) is 17.9 Å². The molecule has 4 rings (SSSR count). The number of aromatic nitrogens is 4. The van der Waals surface area contributed by atoms with Crippen molar-refractivity contribution in [3.05, 3.63) is 41.7 Å². The first kappa shape index (κ1) is 21.7. The maximum atomic E-state index is 12.6. The minimum absolute atomic E-state index is 0.222. The summed E-state index contributed by atoms with van der Waals surface area (Å²) >= 11 is 1.24. The molecule has 9 nitrogen and oxygen atoms in total. The zero-order valence-electron chi connectivity index (χ0n) is 17.6. The molecule has 11 heteroatoms. The summed E-state index contributed by atoms with van der Waals surface area (Å²) in [7, 11) is -3.47. The summed E-state index contributed by atoms with van der Waals surface area (Å²) in [4.78, 5) is 21.6. The first-order chi connectivity index (χ1) is 14.7. The Kier molecular flexibility index (Phi) is 6.00. The summed E-state index contributed by atoms with van der Waals surface area (Å²) in [6.07, 6.45) is 1.78. The van der Waals surface area contributed by atoms with E-state index in [0.29, 0.717) is 29.7 Å². The molecule has 2 aromatic heterocycles. The van der Waals surface area contributed by atoms with Gasteiger partial charge in [0.1, 0.15) is 0 Å². The van der Waals surface area contributed by atoms with Crippen LogP contribution in [0.4, 0.5) is 5.69 Å². The summed E-state index contributed by atoms with van der Waals surface area (Å²) in [6.45, 7) is 6.70. The average Bonchev–Trinajstić information content (AvgIpc) is 3.38. The highest BCUT2D eigenvalue weighted by Gasteiger charge is 2.27. The largest absolute Gasteiger partial charge is 0.325 e. The van der Waals surface area contributed by atoms with Gasteiger partial charge < -0.3 is 5.32 Å². The molecule has 0 radical (unpaired) electrons. The molecule has 0 saturated carbocycles. The Bertz CT molecular complexity index is 1220. The van der Waals surface area contributed by atoms with Gasteiger partial charge in [0.25, 0.3) is 5.78 Å². The molecule has 1 aromatic carbocycles. The number of nitrogens with zero attached hydrogens (tertiary/aromatic N) is 5. The van der Waals surface area contributed by atoms with Crippen molar-refractivity contribution < 1.29 is 13.2 Å². The van der Waals surface area contributed by atoms with Gasteiger partial charge in [0.2, 0.25) is 21.1 Å². The number of hydrogen-bond acceptors (Lipinski definition) is 7. The number of fused-ring (bicyclic) bond motifs is 1. The third kappa shape index (κ3) is 4.58. The van der Waals surface area contributed by atoms with Crippen molar-refractivity contribution in [1.82, 2.24) is 23.9 Å². The molecule has 164 valence electrons. The minimum Gasteiger partial charge on any atom is -0.325 e. The molecule has 1 aliphatic rings. The van der Waals surface area contributed by atoms with Gasteiger partial charge in [-0.3, -0.25) is 4.79 Å². The smallest absolute Gasteiger partial charge is 0.253 e. The second-order valence-electron chi connectivity index (χ2n) is 7.53. The number of sulfonamides is 1. The molecule has 3 heterocycles. The summed E-state index contributed by atoms with van der Waals surface area (Å²) < 4.78 is 28.4. The summed E-state index contributed by atoms with van der Waals surface area (Å²) in [5.74, 6) is 0.280. The van der Waals surface area contributed by atoms with Crippen LogP contribution in [0, 0.1) is 13.8 Å². The van der Waals surface area contributed by atoms with Crippen molar-refractivity contribution in [3.63, 3.8) is 0 Å². The van der Waals surface area contributed by atoms with Crippen LogP contribution >= 0.6 is 11.8 Å². The van der Waals surface area contributed by atoms with Crippen molar-refractivity contribution in [2.75, 3.05) is 18.4 Å². The Balaban J connectivity index is 1.41. The number of amides is 1. The van der Waals surface area contributed by atoms with Crippen molar-refractivity contribution in [1.29, 1.82) is 0 Å². The maximum absolute atomic E-state index is 12.6. The van der Waals surface area contributed by atoms with Gasteiger partial charge in [-0.2, -0.15) is 9.29 Å². The van der Waals surface area contributed by atoms with Crippen LogP contribution in [-0.2, 0) is 14.8 Å². The molecule has 0 aliphatic carbocycles. The maximum Gasteiger partial charge on any atom is 0.253 e. The molecule has 0 unspecified atom stereocenters. The zero-order valence-corrected chi connectivity index (χ0v) is 19.2. The quantitative estimate of drug-likeness (QED) is 0.563. The van der Waals surface area contributed by atoms with Crippen LogP contribution in [0.15, 0.2) is 40.4 Å². The number of aryl methyl sites for hydroxylation is 2. The van der Waals surface area contributed by atoms with Crippen LogP contribution in [-0.4, -0.2) is 56.6 Å². The van der Waals surface area contributed by atoms with Gasteiger partial charge in [-0.05, 0) is 63.9 Å². The molecule has 1 saturated heterocycles. The fraction of sp³-hybridized carbons (Fsp3) is 0.400. The number of carbonyl (C=O) groups excluding carboxylic acids is 1. The molecule has 31 heavy (non-hydrogen) atoms. The standard InChI is InChI=1S/C20H24N6O3S2/c1-13-12-14(2)26-19(21-13)23-20(24-26)30-15(3)18(27)22-16-6-8-17(9-7-16)31(28,29)25-10-4-5-11-25/h6-9,12,15H,4-5,10-11H2,1-3H3,(H,22,27)/t15-/m0/s1. The normalized spacial score (nSPS) is 16.0. The highest BCUT2D eigenvalue weighted by molar-refractivity contribution is 8.00. The zero-order chi connectivity index (χ0) is 22.2. The van der Waals surface area contributed by atoms with Crippen LogP contribution in [0.2, 0.25) is 0 Å². The topological polar surface area (TPSA) is 110 Å². The lowest BCUT2D eigenvalue weighted by Gasteiger charge is -2.16. The Morgan fingerprint density at radius 2 is 1.81 bits per heavy atom. The van der Waals surface area contributed by atoms with Crippen LogP contribution in [0.25, 0.3) is 5.78 Å². The van der Waals surface area contributed by atoms with Crippen molar-refractivity contribution >= 4 is 39.2 Å². The summed E-state index contributed by atoms with van der Waals surface area (Å²) in [5, 5.41) is 7.25. The first-order valence-electron chi connectivity index (χ1n) is 10.0. The van der Waals surface area contributed by atoms with Crippen LogP contribution in [0.5, 0.6) is 0 Å². The third-order valence-corrected chi connectivity index (χ3v) is 7.94. The number of rotatable bonds is 6. The molecule has 1 atom stereocenters. The van der Waals surface area contributed by atoms with E-state index in [0.717, 1.165) is 24.2 Å². The fourth-order valence-corrected chi connectivity index (χ4v) is 5.70. The Hall–Kier alpha value is -2.50.